The first-order valence-electron chi connectivity index (χ1n) is 7.68. The molecule has 106 valence electrons. The van der Waals surface area contributed by atoms with Crippen LogP contribution >= 0.6 is 0 Å². The van der Waals surface area contributed by atoms with Crippen LogP contribution in [0.1, 0.15) is 62.5 Å². The minimum Gasteiger partial charge on any atom is -0.273 e. The Bertz CT molecular complexity index is 510. The molecule has 1 aromatic carbocycles. The van der Waals surface area contributed by atoms with Crippen molar-refractivity contribution in [2.24, 2.45) is 11.0 Å². The molecule has 2 aliphatic rings. The minimum atomic E-state index is 0.0155. The Kier molecular flexibility index (Phi) is 3.86. The molecule has 0 unspecified atom stereocenters. The van der Waals surface area contributed by atoms with Gasteiger partial charge in [0.15, 0.2) is 0 Å². The lowest BCUT2D eigenvalue weighted by Gasteiger charge is -2.26. The molecule has 0 aromatic heterocycles. The van der Waals surface area contributed by atoms with Crippen molar-refractivity contribution < 1.29 is 4.79 Å². The van der Waals surface area contributed by atoms with Gasteiger partial charge in [-0.1, -0.05) is 44.0 Å². The molecule has 0 atom stereocenters. The first-order valence-corrected chi connectivity index (χ1v) is 7.68. The fourth-order valence-electron chi connectivity index (χ4n) is 3.22. The third kappa shape index (κ3) is 2.92. The molecule has 1 aromatic rings. The molecule has 20 heavy (non-hydrogen) atoms. The lowest BCUT2D eigenvalue weighted by molar-refractivity contribution is -0.121. The van der Waals surface area contributed by atoms with Crippen molar-refractivity contribution in [1.82, 2.24) is 5.43 Å². The van der Waals surface area contributed by atoms with Gasteiger partial charge in [0.1, 0.15) is 0 Å². The summed E-state index contributed by atoms with van der Waals surface area (Å²) in [5.41, 5.74) is 6.15. The van der Waals surface area contributed by atoms with Crippen molar-refractivity contribution in [2.45, 2.75) is 51.4 Å². The number of carbonyl (C=O) groups is 1. The molecule has 0 bridgehead atoms. The SMILES string of the molecule is CC1CCC(c2ccc(C3=NNC(=O)CC3)cc2)CC1. The Morgan fingerprint density at radius 1 is 1.05 bits per heavy atom. The second-order valence-electron chi connectivity index (χ2n) is 6.17. The van der Waals surface area contributed by atoms with Crippen LogP contribution in [0.5, 0.6) is 0 Å². The van der Waals surface area contributed by atoms with E-state index >= 15 is 0 Å². The van der Waals surface area contributed by atoms with Gasteiger partial charge in [0, 0.05) is 12.8 Å². The van der Waals surface area contributed by atoms with Crippen LogP contribution < -0.4 is 5.43 Å². The van der Waals surface area contributed by atoms with Gasteiger partial charge in [0.2, 0.25) is 5.91 Å². The van der Waals surface area contributed by atoms with Crippen LogP contribution in [0.4, 0.5) is 0 Å². The second kappa shape index (κ2) is 5.78. The van der Waals surface area contributed by atoms with Crippen LogP contribution in [0.15, 0.2) is 29.4 Å². The molecule has 0 radical (unpaired) electrons. The topological polar surface area (TPSA) is 41.5 Å². The molecule has 3 heteroatoms. The predicted octanol–water partition coefficient (Wildman–Crippen LogP) is 3.59. The number of hydrogen-bond acceptors (Lipinski definition) is 2. The number of hydrazone groups is 1. The molecule has 1 aliphatic heterocycles. The van der Waals surface area contributed by atoms with Crippen LogP contribution in [0, 0.1) is 5.92 Å². The number of hydrogen-bond donors (Lipinski definition) is 1. The monoisotopic (exact) mass is 270 g/mol. The zero-order valence-corrected chi connectivity index (χ0v) is 12.1. The Labute approximate surface area is 120 Å². The van der Waals surface area contributed by atoms with Gasteiger partial charge in [0.25, 0.3) is 0 Å². The van der Waals surface area contributed by atoms with Gasteiger partial charge in [-0.05, 0) is 35.8 Å². The van der Waals surface area contributed by atoms with Crippen LogP contribution in [0.2, 0.25) is 0 Å². The summed E-state index contributed by atoms with van der Waals surface area (Å²) in [6.45, 7) is 2.36. The first kappa shape index (κ1) is 13.3. The zero-order valence-electron chi connectivity index (χ0n) is 12.1. The molecule has 1 heterocycles. The van der Waals surface area contributed by atoms with Crippen molar-refractivity contribution >= 4 is 11.6 Å². The van der Waals surface area contributed by atoms with E-state index in [2.05, 4.69) is 41.7 Å². The van der Waals surface area contributed by atoms with E-state index in [1.807, 2.05) is 0 Å². The fourth-order valence-corrected chi connectivity index (χ4v) is 3.22. The number of carbonyl (C=O) groups excluding carboxylic acids is 1. The van der Waals surface area contributed by atoms with Gasteiger partial charge in [-0.25, -0.2) is 5.43 Å². The van der Waals surface area contributed by atoms with Crippen LogP contribution in [0.25, 0.3) is 0 Å². The molecule has 0 saturated heterocycles. The molecule has 3 nitrogen and oxygen atoms in total. The smallest absolute Gasteiger partial charge is 0.240 e. The van der Waals surface area contributed by atoms with E-state index in [4.69, 9.17) is 0 Å². The predicted molar refractivity (Wildman–Crippen MR) is 80.7 cm³/mol. The molecule has 1 N–H and O–H groups in total. The van der Waals surface area contributed by atoms with E-state index < -0.39 is 0 Å². The number of benzene rings is 1. The molecule has 1 amide bonds. The van der Waals surface area contributed by atoms with Gasteiger partial charge in [-0.2, -0.15) is 5.10 Å². The van der Waals surface area contributed by atoms with Crippen molar-refractivity contribution in [3.05, 3.63) is 35.4 Å². The Balaban J connectivity index is 1.70. The standard InChI is InChI=1S/C17H22N2O/c1-12-2-4-13(5-3-12)14-6-8-15(9-7-14)16-10-11-17(20)19-18-16/h6-9,12-13H,2-5,10-11H2,1H3,(H,19,20). The molecule has 0 spiro atoms. The zero-order chi connectivity index (χ0) is 13.9. The van der Waals surface area contributed by atoms with Crippen LogP contribution in [0.3, 0.4) is 0 Å². The van der Waals surface area contributed by atoms with E-state index in [-0.39, 0.29) is 5.91 Å². The highest BCUT2D eigenvalue weighted by Crippen LogP contribution is 2.35. The lowest BCUT2D eigenvalue weighted by Crippen LogP contribution is -2.25. The molecular weight excluding hydrogens is 248 g/mol. The van der Waals surface area contributed by atoms with E-state index in [9.17, 15) is 4.79 Å². The summed E-state index contributed by atoms with van der Waals surface area (Å²) in [5.74, 6) is 1.64. The van der Waals surface area contributed by atoms with E-state index in [1.54, 1.807) is 0 Å². The molecule has 1 aliphatic carbocycles. The van der Waals surface area contributed by atoms with E-state index in [0.717, 1.165) is 29.5 Å². The minimum absolute atomic E-state index is 0.0155. The van der Waals surface area contributed by atoms with E-state index in [1.165, 1.54) is 31.2 Å². The van der Waals surface area contributed by atoms with Crippen LogP contribution in [-0.4, -0.2) is 11.6 Å². The summed E-state index contributed by atoms with van der Waals surface area (Å²) in [5, 5.41) is 4.15. The summed E-state index contributed by atoms with van der Waals surface area (Å²) in [6, 6.07) is 8.80. The first-order chi connectivity index (χ1) is 9.72. The molecular formula is C17H22N2O. The Hall–Kier alpha value is -1.64. The maximum Gasteiger partial charge on any atom is 0.240 e. The van der Waals surface area contributed by atoms with Gasteiger partial charge in [-0.15, -0.1) is 0 Å². The normalized spacial score (nSPS) is 26.9. The third-order valence-electron chi connectivity index (χ3n) is 4.64. The highest BCUT2D eigenvalue weighted by atomic mass is 16.2. The summed E-state index contributed by atoms with van der Waals surface area (Å²) >= 11 is 0. The highest BCUT2D eigenvalue weighted by Gasteiger charge is 2.20. The lowest BCUT2D eigenvalue weighted by atomic mass is 9.79. The maximum atomic E-state index is 11.1. The van der Waals surface area contributed by atoms with Gasteiger partial charge >= 0.3 is 0 Å². The largest absolute Gasteiger partial charge is 0.273 e. The Morgan fingerprint density at radius 2 is 1.75 bits per heavy atom. The quantitative estimate of drug-likeness (QED) is 0.876. The van der Waals surface area contributed by atoms with Gasteiger partial charge < -0.3 is 0 Å². The number of amides is 1. The third-order valence-corrected chi connectivity index (χ3v) is 4.64. The summed E-state index contributed by atoms with van der Waals surface area (Å²) < 4.78 is 0. The fraction of sp³-hybridized carbons (Fsp3) is 0.529. The number of nitrogens with zero attached hydrogens (tertiary/aromatic N) is 1. The van der Waals surface area contributed by atoms with Crippen molar-refractivity contribution in [1.29, 1.82) is 0 Å². The van der Waals surface area contributed by atoms with E-state index in [0.29, 0.717) is 6.42 Å². The second-order valence-corrected chi connectivity index (χ2v) is 6.17. The summed E-state index contributed by atoms with van der Waals surface area (Å²) in [7, 11) is 0. The van der Waals surface area contributed by atoms with Crippen molar-refractivity contribution in [3.8, 4) is 0 Å². The number of rotatable bonds is 2. The molecule has 1 saturated carbocycles. The average Bonchev–Trinajstić information content (AvgIpc) is 2.49. The maximum absolute atomic E-state index is 11.1. The Morgan fingerprint density at radius 3 is 2.35 bits per heavy atom. The van der Waals surface area contributed by atoms with Gasteiger partial charge in [0.05, 0.1) is 5.71 Å². The van der Waals surface area contributed by atoms with Crippen molar-refractivity contribution in [2.75, 3.05) is 0 Å². The average molecular weight is 270 g/mol. The van der Waals surface area contributed by atoms with Crippen LogP contribution in [-0.2, 0) is 4.79 Å². The van der Waals surface area contributed by atoms with Crippen molar-refractivity contribution in [3.63, 3.8) is 0 Å². The summed E-state index contributed by atoms with van der Waals surface area (Å²) in [4.78, 5) is 11.1. The number of nitrogens with one attached hydrogen (secondary N) is 1. The highest BCUT2D eigenvalue weighted by molar-refractivity contribution is 6.04. The molecule has 3 rings (SSSR count). The summed E-state index contributed by atoms with van der Waals surface area (Å²) in [6.07, 6.45) is 6.62. The van der Waals surface area contributed by atoms with Gasteiger partial charge in [-0.3, -0.25) is 4.79 Å². The molecule has 1 fully saturated rings.